The van der Waals surface area contributed by atoms with Crippen molar-refractivity contribution in [2.75, 3.05) is 25.5 Å². The highest BCUT2D eigenvalue weighted by molar-refractivity contribution is 5.92. The largest absolute Gasteiger partial charge is 0.495 e. The normalized spacial score (nSPS) is 10.4. The Morgan fingerprint density at radius 1 is 1.15 bits per heavy atom. The van der Waals surface area contributed by atoms with Crippen LogP contribution in [0.1, 0.15) is 24.5 Å². The van der Waals surface area contributed by atoms with Crippen molar-refractivity contribution < 1.29 is 18.7 Å². The van der Waals surface area contributed by atoms with E-state index in [1.807, 2.05) is 19.1 Å². The summed E-state index contributed by atoms with van der Waals surface area (Å²) in [4.78, 5) is 25.7. The molecule has 0 atom stereocenters. The van der Waals surface area contributed by atoms with E-state index in [4.69, 9.17) is 4.74 Å². The molecule has 6 heteroatoms. The zero-order valence-electron chi connectivity index (χ0n) is 15.9. The number of carbonyl (C=O) groups excluding carboxylic acids is 2. The Balaban J connectivity index is 1.92. The van der Waals surface area contributed by atoms with Gasteiger partial charge in [0.05, 0.1) is 12.8 Å². The number of hydrogen-bond donors (Lipinski definition) is 1. The minimum atomic E-state index is -0.287. The van der Waals surface area contributed by atoms with Gasteiger partial charge in [0.2, 0.25) is 11.8 Å². The summed E-state index contributed by atoms with van der Waals surface area (Å²) in [6.45, 7) is 4.00. The molecule has 2 aromatic rings. The van der Waals surface area contributed by atoms with Crippen LogP contribution in [0.3, 0.4) is 0 Å². The highest BCUT2D eigenvalue weighted by atomic mass is 19.1. The van der Waals surface area contributed by atoms with Gasteiger partial charge in [-0.1, -0.05) is 24.3 Å². The predicted molar refractivity (Wildman–Crippen MR) is 103 cm³/mol. The number of halogens is 1. The molecular weight excluding hydrogens is 347 g/mol. The highest BCUT2D eigenvalue weighted by Gasteiger charge is 2.14. The molecule has 0 bridgehead atoms. The van der Waals surface area contributed by atoms with E-state index in [1.165, 1.54) is 13.0 Å². The summed E-state index contributed by atoms with van der Waals surface area (Å²) in [6, 6.07) is 12.0. The van der Waals surface area contributed by atoms with Gasteiger partial charge in [0.1, 0.15) is 11.6 Å². The minimum Gasteiger partial charge on any atom is -0.495 e. The van der Waals surface area contributed by atoms with E-state index in [9.17, 15) is 14.0 Å². The van der Waals surface area contributed by atoms with Crippen LogP contribution in [-0.2, 0) is 16.0 Å². The quantitative estimate of drug-likeness (QED) is 0.771. The van der Waals surface area contributed by atoms with E-state index >= 15 is 0 Å². The van der Waals surface area contributed by atoms with Gasteiger partial charge in [-0.3, -0.25) is 9.59 Å². The maximum absolute atomic E-state index is 13.7. The summed E-state index contributed by atoms with van der Waals surface area (Å²) in [7, 11) is 1.54. The number of nitrogens with zero attached hydrogens (tertiary/aromatic N) is 1. The average Bonchev–Trinajstić information content (AvgIpc) is 2.63. The smallest absolute Gasteiger partial charge is 0.226 e. The summed E-state index contributed by atoms with van der Waals surface area (Å²) in [5.74, 6) is -0.0643. The molecule has 0 spiro atoms. The fourth-order valence-electron chi connectivity index (χ4n) is 2.75. The van der Waals surface area contributed by atoms with Crippen molar-refractivity contribution in [3.05, 3.63) is 59.4 Å². The molecule has 0 aromatic heterocycles. The Morgan fingerprint density at radius 3 is 2.56 bits per heavy atom. The molecule has 0 aliphatic rings. The first kappa shape index (κ1) is 20.4. The molecule has 0 fully saturated rings. The van der Waals surface area contributed by atoms with E-state index in [2.05, 4.69) is 5.32 Å². The van der Waals surface area contributed by atoms with Crippen molar-refractivity contribution in [2.45, 2.75) is 26.7 Å². The Labute approximate surface area is 159 Å². The molecule has 144 valence electrons. The molecule has 0 heterocycles. The second kappa shape index (κ2) is 9.71. The third-order valence-electron chi connectivity index (χ3n) is 4.29. The summed E-state index contributed by atoms with van der Waals surface area (Å²) in [6.07, 6.45) is 0.549. The Hall–Kier alpha value is -2.89. The maximum atomic E-state index is 13.7. The number of methoxy groups -OCH3 is 1. The van der Waals surface area contributed by atoms with Crippen LogP contribution in [0.5, 0.6) is 5.75 Å². The van der Waals surface area contributed by atoms with Gasteiger partial charge in [-0.05, 0) is 42.7 Å². The van der Waals surface area contributed by atoms with Crippen molar-refractivity contribution in [1.82, 2.24) is 4.90 Å². The molecule has 2 amide bonds. The van der Waals surface area contributed by atoms with Crippen molar-refractivity contribution in [3.8, 4) is 5.75 Å². The van der Waals surface area contributed by atoms with Gasteiger partial charge >= 0.3 is 0 Å². The van der Waals surface area contributed by atoms with Crippen LogP contribution in [-0.4, -0.2) is 36.9 Å². The summed E-state index contributed by atoms with van der Waals surface area (Å²) < 4.78 is 19.0. The number of carbonyl (C=O) groups is 2. The molecule has 0 saturated carbocycles. The van der Waals surface area contributed by atoms with Crippen molar-refractivity contribution >= 4 is 17.5 Å². The number of aryl methyl sites for hydroxylation is 1. The lowest BCUT2D eigenvalue weighted by molar-refractivity contribution is -0.129. The molecular formula is C21H25FN2O3. The Bertz CT molecular complexity index is 808. The van der Waals surface area contributed by atoms with Gasteiger partial charge in [-0.2, -0.15) is 0 Å². The molecule has 0 unspecified atom stereocenters. The van der Waals surface area contributed by atoms with Crippen LogP contribution in [0.2, 0.25) is 0 Å². The lowest BCUT2D eigenvalue weighted by Gasteiger charge is -2.21. The molecule has 0 aliphatic heterocycles. The van der Waals surface area contributed by atoms with E-state index in [-0.39, 0.29) is 30.6 Å². The van der Waals surface area contributed by atoms with E-state index in [1.54, 1.807) is 36.3 Å². The van der Waals surface area contributed by atoms with Crippen molar-refractivity contribution in [1.29, 1.82) is 0 Å². The van der Waals surface area contributed by atoms with Gasteiger partial charge in [0.15, 0.2) is 0 Å². The zero-order chi connectivity index (χ0) is 19.8. The van der Waals surface area contributed by atoms with E-state index in [0.29, 0.717) is 30.0 Å². The molecule has 5 nitrogen and oxygen atoms in total. The van der Waals surface area contributed by atoms with Gasteiger partial charge in [0, 0.05) is 26.4 Å². The molecule has 2 rings (SSSR count). The number of anilines is 1. The third-order valence-corrected chi connectivity index (χ3v) is 4.29. The van der Waals surface area contributed by atoms with Crippen molar-refractivity contribution in [2.24, 2.45) is 0 Å². The Morgan fingerprint density at radius 2 is 1.89 bits per heavy atom. The summed E-state index contributed by atoms with van der Waals surface area (Å²) in [5.41, 5.74) is 2.15. The topological polar surface area (TPSA) is 58.6 Å². The zero-order valence-corrected chi connectivity index (χ0v) is 15.9. The second-order valence-corrected chi connectivity index (χ2v) is 6.35. The monoisotopic (exact) mass is 372 g/mol. The molecule has 2 aromatic carbocycles. The van der Waals surface area contributed by atoms with Crippen LogP contribution >= 0.6 is 0 Å². The lowest BCUT2D eigenvalue weighted by atomic mass is 10.1. The first-order valence-corrected chi connectivity index (χ1v) is 8.84. The average molecular weight is 372 g/mol. The molecule has 1 N–H and O–H groups in total. The standard InChI is InChI=1S/C21H25FN2O3/c1-15-8-9-20(27-3)19(14-15)23-21(26)11-13-24(16(2)25)12-10-17-6-4-5-7-18(17)22/h4-9,14H,10-13H2,1-3H3,(H,23,26). The number of amides is 2. The fourth-order valence-corrected chi connectivity index (χ4v) is 2.75. The van der Waals surface area contributed by atoms with E-state index < -0.39 is 0 Å². The number of ether oxygens (including phenoxy) is 1. The van der Waals surface area contributed by atoms with Gasteiger partial charge in [0.25, 0.3) is 0 Å². The van der Waals surface area contributed by atoms with Crippen LogP contribution in [0.4, 0.5) is 10.1 Å². The maximum Gasteiger partial charge on any atom is 0.226 e. The number of rotatable bonds is 8. The third kappa shape index (κ3) is 6.09. The van der Waals surface area contributed by atoms with Crippen LogP contribution < -0.4 is 10.1 Å². The van der Waals surface area contributed by atoms with Gasteiger partial charge in [-0.15, -0.1) is 0 Å². The van der Waals surface area contributed by atoms with Crippen LogP contribution in [0.15, 0.2) is 42.5 Å². The first-order chi connectivity index (χ1) is 12.9. The fraction of sp³-hybridized carbons (Fsp3) is 0.333. The SMILES string of the molecule is COc1ccc(C)cc1NC(=O)CCN(CCc1ccccc1F)C(C)=O. The Kier molecular flexibility index (Phi) is 7.34. The number of benzene rings is 2. The molecule has 0 saturated heterocycles. The second-order valence-electron chi connectivity index (χ2n) is 6.35. The molecule has 0 aliphatic carbocycles. The highest BCUT2D eigenvalue weighted by Crippen LogP contribution is 2.25. The lowest BCUT2D eigenvalue weighted by Crippen LogP contribution is -2.33. The predicted octanol–water partition coefficient (Wildman–Crippen LogP) is 3.56. The van der Waals surface area contributed by atoms with Crippen LogP contribution in [0, 0.1) is 12.7 Å². The molecule has 0 radical (unpaired) electrons. The number of nitrogens with one attached hydrogen (secondary N) is 1. The number of hydrogen-bond acceptors (Lipinski definition) is 3. The minimum absolute atomic E-state index is 0.146. The van der Waals surface area contributed by atoms with Crippen molar-refractivity contribution in [3.63, 3.8) is 0 Å². The summed E-state index contributed by atoms with van der Waals surface area (Å²) >= 11 is 0. The van der Waals surface area contributed by atoms with Gasteiger partial charge < -0.3 is 15.0 Å². The van der Waals surface area contributed by atoms with Gasteiger partial charge in [-0.25, -0.2) is 4.39 Å². The van der Waals surface area contributed by atoms with E-state index in [0.717, 1.165) is 5.56 Å². The van der Waals surface area contributed by atoms with Crippen LogP contribution in [0.25, 0.3) is 0 Å². The molecule has 27 heavy (non-hydrogen) atoms. The summed E-state index contributed by atoms with van der Waals surface area (Å²) in [5, 5.41) is 2.82. The first-order valence-electron chi connectivity index (χ1n) is 8.84.